The number of likely N-dealkylation sites (tertiary alicyclic amines) is 1. The molecule has 2 N–H and O–H groups in total. The van der Waals surface area contributed by atoms with Gasteiger partial charge in [-0.1, -0.05) is 91.0 Å². The van der Waals surface area contributed by atoms with Gasteiger partial charge in [-0.2, -0.15) is 0 Å². The molecule has 1 atom stereocenters. The molecule has 1 unspecified atom stereocenters. The number of benzene rings is 3. The van der Waals surface area contributed by atoms with Crippen molar-refractivity contribution in [1.82, 2.24) is 4.90 Å². The largest absolute Gasteiger partial charge is 0.369 e. The Kier molecular flexibility index (Phi) is 8.15. The Balaban J connectivity index is 1.63. The van der Waals surface area contributed by atoms with Gasteiger partial charge in [0.15, 0.2) is 0 Å². The average Bonchev–Trinajstić information content (AvgIpc) is 2.89. The van der Waals surface area contributed by atoms with E-state index in [0.717, 1.165) is 32.4 Å². The fourth-order valence-electron chi connectivity index (χ4n) is 5.54. The molecule has 1 amide bonds. The first-order valence-corrected chi connectivity index (χ1v) is 12.5. The van der Waals surface area contributed by atoms with Crippen LogP contribution in [0.4, 0.5) is 0 Å². The lowest BCUT2D eigenvalue weighted by atomic mass is 9.74. The van der Waals surface area contributed by atoms with E-state index in [0.29, 0.717) is 18.9 Å². The summed E-state index contributed by atoms with van der Waals surface area (Å²) in [5.74, 6) is 0.217. The lowest BCUT2D eigenvalue weighted by Gasteiger charge is -2.48. The lowest BCUT2D eigenvalue weighted by Crippen LogP contribution is -2.51. The van der Waals surface area contributed by atoms with Crippen LogP contribution in [-0.2, 0) is 15.1 Å². The number of hydrogen-bond donors (Lipinski definition) is 1. The number of rotatable bonds is 10. The maximum absolute atomic E-state index is 11.7. The summed E-state index contributed by atoms with van der Waals surface area (Å²) in [4.78, 5) is 14.4. The van der Waals surface area contributed by atoms with Crippen molar-refractivity contribution in [2.45, 2.75) is 44.2 Å². The third-order valence-electron chi connectivity index (χ3n) is 7.19. The van der Waals surface area contributed by atoms with Crippen molar-refractivity contribution in [1.29, 1.82) is 0 Å². The van der Waals surface area contributed by atoms with Crippen LogP contribution in [-0.4, -0.2) is 36.6 Å². The van der Waals surface area contributed by atoms with Gasteiger partial charge in [0.2, 0.25) is 5.91 Å². The topological polar surface area (TPSA) is 55.6 Å². The molecule has 0 saturated carbocycles. The Labute approximate surface area is 203 Å². The SMILES string of the molecule is CCOC(CCC1CCN(C(c2ccccc2)(c2ccccc2)c2ccccc2)CC1)C(N)=O. The third-order valence-corrected chi connectivity index (χ3v) is 7.19. The Morgan fingerprint density at radius 2 is 1.32 bits per heavy atom. The van der Waals surface area contributed by atoms with Gasteiger partial charge in [-0.25, -0.2) is 0 Å². The molecule has 34 heavy (non-hydrogen) atoms. The second-order valence-corrected chi connectivity index (χ2v) is 9.16. The number of nitrogens with zero attached hydrogens (tertiary/aromatic N) is 1. The molecule has 4 rings (SSSR count). The second kappa shape index (κ2) is 11.5. The molecule has 1 aliphatic rings. The highest BCUT2D eigenvalue weighted by Crippen LogP contribution is 2.44. The summed E-state index contributed by atoms with van der Waals surface area (Å²) in [6.07, 6.45) is 3.38. The fraction of sp³-hybridized carbons (Fsp3) is 0.367. The van der Waals surface area contributed by atoms with Crippen LogP contribution in [0.1, 0.15) is 49.3 Å². The van der Waals surface area contributed by atoms with Crippen LogP contribution < -0.4 is 5.73 Å². The molecule has 0 spiro atoms. The van der Waals surface area contributed by atoms with Gasteiger partial charge < -0.3 is 10.5 Å². The highest BCUT2D eigenvalue weighted by molar-refractivity contribution is 5.78. The van der Waals surface area contributed by atoms with E-state index in [1.165, 1.54) is 16.7 Å². The summed E-state index contributed by atoms with van der Waals surface area (Å²) >= 11 is 0. The zero-order valence-electron chi connectivity index (χ0n) is 20.1. The standard InChI is InChI=1S/C30H36N2O2/c1-2-34-28(29(31)33)19-18-24-20-22-32(23-21-24)30(25-12-6-3-7-13-25,26-14-8-4-9-15-26)27-16-10-5-11-17-27/h3-17,24,28H,2,18-23H2,1H3,(H2,31,33). The molecule has 3 aromatic carbocycles. The number of primary amides is 1. The van der Waals surface area contributed by atoms with E-state index >= 15 is 0 Å². The number of hydrogen-bond acceptors (Lipinski definition) is 3. The highest BCUT2D eigenvalue weighted by atomic mass is 16.5. The van der Waals surface area contributed by atoms with Crippen LogP contribution in [0, 0.1) is 5.92 Å². The van der Waals surface area contributed by atoms with Gasteiger partial charge >= 0.3 is 0 Å². The molecule has 0 aromatic heterocycles. The van der Waals surface area contributed by atoms with Gasteiger partial charge in [0.25, 0.3) is 0 Å². The summed E-state index contributed by atoms with van der Waals surface area (Å²) in [6, 6.07) is 32.6. The molecule has 4 nitrogen and oxygen atoms in total. The molecule has 4 heteroatoms. The van der Waals surface area contributed by atoms with Crippen LogP contribution in [0.3, 0.4) is 0 Å². The van der Waals surface area contributed by atoms with Gasteiger partial charge in [-0.3, -0.25) is 9.69 Å². The minimum Gasteiger partial charge on any atom is -0.369 e. The van der Waals surface area contributed by atoms with Crippen LogP contribution in [0.25, 0.3) is 0 Å². The van der Waals surface area contributed by atoms with Crippen molar-refractivity contribution in [3.63, 3.8) is 0 Å². The van der Waals surface area contributed by atoms with Gasteiger partial charge in [-0.15, -0.1) is 0 Å². The summed E-state index contributed by atoms with van der Waals surface area (Å²) in [7, 11) is 0. The van der Waals surface area contributed by atoms with Crippen molar-refractivity contribution in [3.8, 4) is 0 Å². The number of ether oxygens (including phenoxy) is 1. The number of carbonyl (C=O) groups is 1. The van der Waals surface area contributed by atoms with E-state index in [9.17, 15) is 4.79 Å². The Morgan fingerprint density at radius 3 is 1.71 bits per heavy atom. The number of carbonyl (C=O) groups excluding carboxylic acids is 1. The van der Waals surface area contributed by atoms with Crippen LogP contribution in [0.5, 0.6) is 0 Å². The van der Waals surface area contributed by atoms with Crippen LogP contribution >= 0.6 is 0 Å². The molecule has 3 aromatic rings. The minimum atomic E-state index is -0.472. The summed E-state index contributed by atoms with van der Waals surface area (Å²) < 4.78 is 5.56. The van der Waals surface area contributed by atoms with E-state index < -0.39 is 6.10 Å². The van der Waals surface area contributed by atoms with E-state index in [2.05, 4.69) is 95.9 Å². The predicted molar refractivity (Wildman–Crippen MR) is 137 cm³/mol. The average molecular weight is 457 g/mol. The van der Waals surface area contributed by atoms with Crippen molar-refractivity contribution < 1.29 is 9.53 Å². The molecule has 1 saturated heterocycles. The first-order chi connectivity index (χ1) is 16.7. The van der Waals surface area contributed by atoms with Gasteiger partial charge in [0, 0.05) is 6.61 Å². The Hall–Kier alpha value is -2.95. The lowest BCUT2D eigenvalue weighted by molar-refractivity contribution is -0.129. The molecule has 1 heterocycles. The predicted octanol–water partition coefficient (Wildman–Crippen LogP) is 5.36. The van der Waals surface area contributed by atoms with Crippen molar-refractivity contribution in [2.75, 3.05) is 19.7 Å². The maximum atomic E-state index is 11.7. The van der Waals surface area contributed by atoms with Gasteiger partial charge in [0.1, 0.15) is 6.10 Å². The zero-order chi connectivity index (χ0) is 23.8. The summed E-state index contributed by atoms with van der Waals surface area (Å²) in [5.41, 5.74) is 9.05. The highest BCUT2D eigenvalue weighted by Gasteiger charge is 2.43. The zero-order valence-corrected chi connectivity index (χ0v) is 20.1. The van der Waals surface area contributed by atoms with Gasteiger partial charge in [0.05, 0.1) is 5.54 Å². The molecule has 0 radical (unpaired) electrons. The monoisotopic (exact) mass is 456 g/mol. The molecule has 0 bridgehead atoms. The summed E-state index contributed by atoms with van der Waals surface area (Å²) in [5, 5.41) is 0. The number of amides is 1. The first kappa shape index (κ1) is 24.2. The van der Waals surface area contributed by atoms with Crippen molar-refractivity contribution in [2.24, 2.45) is 11.7 Å². The molecule has 1 aliphatic heterocycles. The van der Waals surface area contributed by atoms with Crippen LogP contribution in [0.2, 0.25) is 0 Å². The fourth-order valence-corrected chi connectivity index (χ4v) is 5.54. The van der Waals surface area contributed by atoms with E-state index in [1.54, 1.807) is 0 Å². The van der Waals surface area contributed by atoms with Gasteiger partial charge in [-0.05, 0) is 68.3 Å². The van der Waals surface area contributed by atoms with Crippen molar-refractivity contribution in [3.05, 3.63) is 108 Å². The van der Waals surface area contributed by atoms with Crippen molar-refractivity contribution >= 4 is 5.91 Å². The summed E-state index contributed by atoms with van der Waals surface area (Å²) in [6.45, 7) is 4.39. The number of piperidine rings is 1. The molecule has 178 valence electrons. The molecule has 1 fully saturated rings. The molecular formula is C30H36N2O2. The second-order valence-electron chi connectivity index (χ2n) is 9.16. The van der Waals surface area contributed by atoms with Crippen LogP contribution in [0.15, 0.2) is 91.0 Å². The first-order valence-electron chi connectivity index (χ1n) is 12.5. The van der Waals surface area contributed by atoms with E-state index in [4.69, 9.17) is 10.5 Å². The minimum absolute atomic E-state index is 0.351. The quantitative estimate of drug-likeness (QED) is 0.418. The Bertz CT molecular complexity index is 919. The van der Waals surface area contributed by atoms with E-state index in [-0.39, 0.29) is 11.4 Å². The normalized spacial score (nSPS) is 16.3. The smallest absolute Gasteiger partial charge is 0.246 e. The number of nitrogens with two attached hydrogens (primary N) is 1. The van der Waals surface area contributed by atoms with E-state index in [1.807, 2.05) is 6.92 Å². The molecule has 0 aliphatic carbocycles. The third kappa shape index (κ3) is 5.08. The maximum Gasteiger partial charge on any atom is 0.246 e. The Morgan fingerprint density at radius 1 is 0.882 bits per heavy atom. The molecular weight excluding hydrogens is 420 g/mol.